The van der Waals surface area contributed by atoms with Gasteiger partial charge in [0.1, 0.15) is 5.75 Å². The molecule has 1 saturated carbocycles. The van der Waals surface area contributed by atoms with Crippen molar-refractivity contribution in [3.8, 4) is 5.75 Å². The normalized spacial score (nSPS) is 16.5. The molecule has 0 saturated heterocycles. The van der Waals surface area contributed by atoms with Gasteiger partial charge in [0.2, 0.25) is 10.0 Å². The van der Waals surface area contributed by atoms with Crippen LogP contribution in [-0.4, -0.2) is 15.5 Å². The van der Waals surface area contributed by atoms with E-state index in [9.17, 15) is 8.42 Å². The topological polar surface area (TPSA) is 55.4 Å². The Morgan fingerprint density at radius 3 is 1.96 bits per heavy atom. The van der Waals surface area contributed by atoms with Gasteiger partial charge in [0.25, 0.3) is 0 Å². The van der Waals surface area contributed by atoms with E-state index < -0.39 is 15.6 Å². The van der Waals surface area contributed by atoms with Crippen molar-refractivity contribution in [1.82, 2.24) is 4.72 Å². The summed E-state index contributed by atoms with van der Waals surface area (Å²) in [6.45, 7) is 6.33. The zero-order valence-corrected chi connectivity index (χ0v) is 16.0. The maximum Gasteiger partial charge on any atom is 0.241 e. The standard InChI is InChI=1S/C20H25NO3S/c1-19(2,3)15-7-11-18(12-8-15)25(22,23)21-20(13-14-20)16-5-9-17(24-4)10-6-16/h5-12,21H,13-14H2,1-4H3. The number of benzene rings is 2. The van der Waals surface area contributed by atoms with Crippen LogP contribution in [0.5, 0.6) is 5.75 Å². The van der Waals surface area contributed by atoms with Crippen LogP contribution >= 0.6 is 0 Å². The Labute approximate surface area is 150 Å². The van der Waals surface area contributed by atoms with Crippen molar-refractivity contribution in [3.63, 3.8) is 0 Å². The summed E-state index contributed by atoms with van der Waals surface area (Å²) >= 11 is 0. The fourth-order valence-electron chi connectivity index (χ4n) is 2.93. The predicted octanol–water partition coefficient (Wildman–Crippen LogP) is 3.96. The lowest BCUT2D eigenvalue weighted by atomic mass is 9.87. The Balaban J connectivity index is 1.83. The highest BCUT2D eigenvalue weighted by Crippen LogP contribution is 2.46. The Hall–Kier alpha value is -1.85. The molecular weight excluding hydrogens is 334 g/mol. The van der Waals surface area contributed by atoms with Crippen LogP contribution in [0.2, 0.25) is 0 Å². The third-order valence-electron chi connectivity index (χ3n) is 4.75. The Morgan fingerprint density at radius 2 is 1.52 bits per heavy atom. The smallest absolute Gasteiger partial charge is 0.241 e. The van der Waals surface area contributed by atoms with Gasteiger partial charge in [0.05, 0.1) is 17.5 Å². The molecule has 0 atom stereocenters. The fourth-order valence-corrected chi connectivity index (χ4v) is 4.38. The van der Waals surface area contributed by atoms with Crippen LogP contribution in [-0.2, 0) is 21.0 Å². The van der Waals surface area contributed by atoms with E-state index in [0.717, 1.165) is 29.7 Å². The molecule has 0 heterocycles. The van der Waals surface area contributed by atoms with Crippen molar-refractivity contribution in [2.24, 2.45) is 0 Å². The average Bonchev–Trinajstić information content (AvgIpc) is 3.34. The van der Waals surface area contributed by atoms with Crippen LogP contribution in [0.3, 0.4) is 0 Å². The van der Waals surface area contributed by atoms with E-state index in [0.29, 0.717) is 4.90 Å². The molecule has 25 heavy (non-hydrogen) atoms. The van der Waals surface area contributed by atoms with Crippen molar-refractivity contribution in [2.75, 3.05) is 7.11 Å². The van der Waals surface area contributed by atoms with Crippen molar-refractivity contribution in [2.45, 2.75) is 49.5 Å². The van der Waals surface area contributed by atoms with Crippen LogP contribution in [0.4, 0.5) is 0 Å². The maximum atomic E-state index is 12.8. The largest absolute Gasteiger partial charge is 0.497 e. The van der Waals surface area contributed by atoms with Gasteiger partial charge in [0, 0.05) is 0 Å². The van der Waals surface area contributed by atoms with Crippen molar-refractivity contribution < 1.29 is 13.2 Å². The Kier molecular flexibility index (Phi) is 4.41. The lowest BCUT2D eigenvalue weighted by Gasteiger charge is -2.21. The lowest BCUT2D eigenvalue weighted by molar-refractivity contribution is 0.414. The van der Waals surface area contributed by atoms with Gasteiger partial charge in [-0.3, -0.25) is 0 Å². The van der Waals surface area contributed by atoms with Gasteiger partial charge in [-0.25, -0.2) is 13.1 Å². The number of sulfonamides is 1. The molecule has 0 spiro atoms. The van der Waals surface area contributed by atoms with Crippen LogP contribution in [0.1, 0.15) is 44.7 Å². The summed E-state index contributed by atoms with van der Waals surface area (Å²) in [5.74, 6) is 0.764. The van der Waals surface area contributed by atoms with Gasteiger partial charge in [-0.1, -0.05) is 45.0 Å². The quantitative estimate of drug-likeness (QED) is 0.879. The number of ether oxygens (including phenoxy) is 1. The molecule has 0 unspecified atom stereocenters. The van der Waals surface area contributed by atoms with Crippen LogP contribution in [0.15, 0.2) is 53.4 Å². The molecule has 3 rings (SSSR count). The number of nitrogens with one attached hydrogen (secondary N) is 1. The molecule has 1 aliphatic carbocycles. The predicted molar refractivity (Wildman–Crippen MR) is 99.4 cm³/mol. The molecule has 4 nitrogen and oxygen atoms in total. The van der Waals surface area contributed by atoms with Crippen molar-refractivity contribution in [1.29, 1.82) is 0 Å². The first-order chi connectivity index (χ1) is 11.7. The first-order valence-corrected chi connectivity index (χ1v) is 9.94. The third-order valence-corrected chi connectivity index (χ3v) is 6.31. The summed E-state index contributed by atoms with van der Waals surface area (Å²) in [6.07, 6.45) is 1.61. The zero-order chi connectivity index (χ0) is 18.3. The third kappa shape index (κ3) is 3.72. The lowest BCUT2D eigenvalue weighted by Crippen LogP contribution is -2.34. The highest BCUT2D eigenvalue weighted by molar-refractivity contribution is 7.89. The second-order valence-electron chi connectivity index (χ2n) is 7.69. The van der Waals surface area contributed by atoms with E-state index in [-0.39, 0.29) is 5.41 Å². The van der Waals surface area contributed by atoms with Crippen LogP contribution < -0.4 is 9.46 Å². The average molecular weight is 359 g/mol. The maximum absolute atomic E-state index is 12.8. The summed E-state index contributed by atoms with van der Waals surface area (Å²) < 4.78 is 33.7. The molecule has 0 aliphatic heterocycles. The molecule has 134 valence electrons. The van der Waals surface area contributed by atoms with Crippen LogP contribution in [0.25, 0.3) is 0 Å². The minimum Gasteiger partial charge on any atom is -0.497 e. The van der Waals surface area contributed by atoms with Crippen LogP contribution in [0, 0.1) is 0 Å². The van der Waals surface area contributed by atoms with Crippen molar-refractivity contribution >= 4 is 10.0 Å². The second-order valence-corrected chi connectivity index (χ2v) is 9.37. The van der Waals surface area contributed by atoms with E-state index in [1.54, 1.807) is 19.2 Å². The summed E-state index contributed by atoms with van der Waals surface area (Å²) in [5, 5.41) is 0. The molecule has 0 radical (unpaired) electrons. The Morgan fingerprint density at radius 1 is 0.960 bits per heavy atom. The molecule has 2 aromatic carbocycles. The number of methoxy groups -OCH3 is 1. The fraction of sp³-hybridized carbons (Fsp3) is 0.400. The van der Waals surface area contributed by atoms with E-state index in [1.165, 1.54) is 0 Å². The van der Waals surface area contributed by atoms with Gasteiger partial charge < -0.3 is 4.74 Å². The number of rotatable bonds is 5. The zero-order valence-electron chi connectivity index (χ0n) is 15.2. The van der Waals surface area contributed by atoms with Gasteiger partial charge in [-0.15, -0.1) is 0 Å². The van der Waals surface area contributed by atoms with Gasteiger partial charge in [0.15, 0.2) is 0 Å². The second kappa shape index (κ2) is 6.15. The summed E-state index contributed by atoms with van der Waals surface area (Å²) in [7, 11) is -1.95. The molecule has 2 aromatic rings. The highest BCUT2D eigenvalue weighted by atomic mass is 32.2. The minimum absolute atomic E-state index is 0.00344. The molecule has 0 amide bonds. The van der Waals surface area contributed by atoms with Gasteiger partial charge in [-0.2, -0.15) is 0 Å². The molecule has 1 aliphatic rings. The summed E-state index contributed by atoms with van der Waals surface area (Å²) in [4.78, 5) is 0.306. The summed E-state index contributed by atoms with van der Waals surface area (Å²) in [6, 6.07) is 14.7. The highest BCUT2D eigenvalue weighted by Gasteiger charge is 2.47. The van der Waals surface area contributed by atoms with E-state index >= 15 is 0 Å². The van der Waals surface area contributed by atoms with E-state index in [1.807, 2.05) is 36.4 Å². The number of hydrogen-bond donors (Lipinski definition) is 1. The van der Waals surface area contributed by atoms with Crippen molar-refractivity contribution in [3.05, 3.63) is 59.7 Å². The molecule has 0 bridgehead atoms. The molecule has 0 aromatic heterocycles. The molecule has 5 heteroatoms. The monoisotopic (exact) mass is 359 g/mol. The van der Waals surface area contributed by atoms with E-state index in [4.69, 9.17) is 4.74 Å². The van der Waals surface area contributed by atoms with Gasteiger partial charge >= 0.3 is 0 Å². The first-order valence-electron chi connectivity index (χ1n) is 8.45. The number of hydrogen-bond acceptors (Lipinski definition) is 3. The molecule has 1 fully saturated rings. The minimum atomic E-state index is -3.56. The SMILES string of the molecule is COc1ccc(C2(NS(=O)(=O)c3ccc(C(C)(C)C)cc3)CC2)cc1. The molecule has 1 N–H and O–H groups in total. The first kappa shape index (κ1) is 18.0. The summed E-state index contributed by atoms with van der Waals surface area (Å²) in [5.41, 5.74) is 1.59. The van der Waals surface area contributed by atoms with Gasteiger partial charge in [-0.05, 0) is 53.6 Å². The van der Waals surface area contributed by atoms with E-state index in [2.05, 4.69) is 25.5 Å². The Bertz CT molecular complexity index is 843. The molecular formula is C20H25NO3S.